The van der Waals surface area contributed by atoms with Crippen LogP contribution in [0.5, 0.6) is 0 Å². The minimum absolute atomic E-state index is 0.00555. The van der Waals surface area contributed by atoms with Crippen LogP contribution in [-0.2, 0) is 12.7 Å². The van der Waals surface area contributed by atoms with Gasteiger partial charge in [0.15, 0.2) is 5.65 Å². The molecule has 2 aromatic heterocycles. The number of pyridine rings is 1. The van der Waals surface area contributed by atoms with Crippen LogP contribution in [0.4, 0.5) is 13.2 Å². The van der Waals surface area contributed by atoms with Gasteiger partial charge >= 0.3 is 6.18 Å². The lowest BCUT2D eigenvalue weighted by atomic mass is 10.1. The van der Waals surface area contributed by atoms with E-state index in [0.29, 0.717) is 0 Å². The van der Waals surface area contributed by atoms with Crippen LogP contribution >= 0.6 is 0 Å². The van der Waals surface area contributed by atoms with Crippen LogP contribution in [0.1, 0.15) is 25.2 Å². The number of aromatic nitrogens is 3. The minimum atomic E-state index is -4.53. The average molecular weight is 272 g/mol. The lowest BCUT2D eigenvalue weighted by molar-refractivity contribution is -0.147. The first kappa shape index (κ1) is 13.8. The fourth-order valence-electron chi connectivity index (χ4n) is 1.89. The van der Waals surface area contributed by atoms with Gasteiger partial charge in [0, 0.05) is 18.3 Å². The van der Waals surface area contributed by atoms with Crippen LogP contribution in [0.25, 0.3) is 11.2 Å². The maximum Gasteiger partial charge on any atom is 0.449 e. The zero-order valence-corrected chi connectivity index (χ0v) is 10.9. The molecule has 4 nitrogen and oxygen atoms in total. The van der Waals surface area contributed by atoms with Gasteiger partial charge in [-0.1, -0.05) is 0 Å². The van der Waals surface area contributed by atoms with E-state index in [1.165, 1.54) is 6.20 Å². The predicted octanol–water partition coefficient (Wildman–Crippen LogP) is 2.50. The van der Waals surface area contributed by atoms with Gasteiger partial charge < -0.3 is 10.3 Å². The Balaban J connectivity index is 2.69. The van der Waals surface area contributed by atoms with E-state index in [-0.39, 0.29) is 17.7 Å². The topological polar surface area (TPSA) is 56.7 Å². The van der Waals surface area contributed by atoms with Gasteiger partial charge in [0.1, 0.15) is 5.52 Å². The van der Waals surface area contributed by atoms with Crippen LogP contribution < -0.4 is 5.73 Å². The minimum Gasteiger partial charge on any atom is -0.324 e. The molecule has 0 unspecified atom stereocenters. The van der Waals surface area contributed by atoms with Gasteiger partial charge in [-0.05, 0) is 32.4 Å². The second-order valence-corrected chi connectivity index (χ2v) is 5.36. The normalized spacial score (nSPS) is 13.2. The molecule has 0 aliphatic rings. The molecule has 0 saturated carbocycles. The Morgan fingerprint density at radius 3 is 2.47 bits per heavy atom. The van der Waals surface area contributed by atoms with E-state index in [2.05, 4.69) is 9.97 Å². The van der Waals surface area contributed by atoms with Crippen LogP contribution in [0, 0.1) is 6.92 Å². The average Bonchev–Trinajstić information content (AvgIpc) is 2.53. The number of halogens is 3. The quantitative estimate of drug-likeness (QED) is 0.913. The van der Waals surface area contributed by atoms with Gasteiger partial charge in [-0.15, -0.1) is 0 Å². The highest BCUT2D eigenvalue weighted by molar-refractivity contribution is 5.72. The van der Waals surface area contributed by atoms with Gasteiger partial charge in [-0.3, -0.25) is 0 Å². The van der Waals surface area contributed by atoms with Crippen LogP contribution in [-0.4, -0.2) is 20.1 Å². The molecule has 0 radical (unpaired) electrons. The number of hydrogen-bond donors (Lipinski definition) is 1. The van der Waals surface area contributed by atoms with E-state index in [4.69, 9.17) is 5.73 Å². The molecule has 0 spiro atoms. The van der Waals surface area contributed by atoms with Crippen molar-refractivity contribution < 1.29 is 13.2 Å². The van der Waals surface area contributed by atoms with E-state index in [9.17, 15) is 13.2 Å². The third-order valence-corrected chi connectivity index (χ3v) is 2.54. The number of aryl methyl sites for hydroxylation is 1. The molecule has 0 atom stereocenters. The summed E-state index contributed by atoms with van der Waals surface area (Å²) >= 11 is 0. The standard InChI is InChI=1S/C12H15F3N4/c1-7-4-8-9(17-5-7)19(6-11(2,3)16)10(18-8)12(13,14)15/h4-5H,6,16H2,1-3H3. The van der Waals surface area contributed by atoms with Crippen molar-refractivity contribution >= 4 is 11.2 Å². The summed E-state index contributed by atoms with van der Waals surface area (Å²) in [6, 6.07) is 1.58. The van der Waals surface area contributed by atoms with Crippen molar-refractivity contribution in [2.24, 2.45) is 5.73 Å². The molecule has 0 amide bonds. The molecule has 2 rings (SSSR count). The summed E-state index contributed by atoms with van der Waals surface area (Å²) in [4.78, 5) is 7.69. The monoisotopic (exact) mass is 272 g/mol. The van der Waals surface area contributed by atoms with Crippen molar-refractivity contribution in [2.75, 3.05) is 0 Å². The summed E-state index contributed by atoms with van der Waals surface area (Å²) < 4.78 is 40.1. The molecule has 2 N–H and O–H groups in total. The Hall–Kier alpha value is -1.63. The van der Waals surface area contributed by atoms with Gasteiger partial charge in [-0.25, -0.2) is 9.97 Å². The summed E-state index contributed by atoms with van der Waals surface area (Å²) in [6.45, 7) is 5.07. The molecular formula is C12H15F3N4. The van der Waals surface area contributed by atoms with E-state index in [1.807, 2.05) is 0 Å². The summed E-state index contributed by atoms with van der Waals surface area (Å²) in [7, 11) is 0. The van der Waals surface area contributed by atoms with Gasteiger partial charge in [0.2, 0.25) is 5.82 Å². The number of nitrogens with two attached hydrogens (primary N) is 1. The summed E-state index contributed by atoms with van der Waals surface area (Å²) in [6.07, 6.45) is -3.01. The summed E-state index contributed by atoms with van der Waals surface area (Å²) in [5, 5.41) is 0. The molecule has 104 valence electrons. The molecule has 0 aromatic carbocycles. The Kier molecular flexibility index (Phi) is 3.04. The largest absolute Gasteiger partial charge is 0.449 e. The van der Waals surface area contributed by atoms with Crippen molar-refractivity contribution in [3.8, 4) is 0 Å². The van der Waals surface area contributed by atoms with Crippen LogP contribution in [0.15, 0.2) is 12.3 Å². The Morgan fingerprint density at radius 1 is 1.32 bits per heavy atom. The van der Waals surface area contributed by atoms with Gasteiger partial charge in [0.25, 0.3) is 0 Å². The lowest BCUT2D eigenvalue weighted by Crippen LogP contribution is -2.38. The SMILES string of the molecule is Cc1cnc2c(c1)nc(C(F)(F)F)n2CC(C)(C)N. The highest BCUT2D eigenvalue weighted by Gasteiger charge is 2.38. The molecule has 2 heterocycles. The highest BCUT2D eigenvalue weighted by atomic mass is 19.4. The molecule has 0 aliphatic heterocycles. The van der Waals surface area contributed by atoms with Gasteiger partial charge in [-0.2, -0.15) is 13.2 Å². The lowest BCUT2D eigenvalue weighted by Gasteiger charge is -2.21. The third kappa shape index (κ3) is 2.86. The van der Waals surface area contributed by atoms with E-state index in [0.717, 1.165) is 10.1 Å². The third-order valence-electron chi connectivity index (χ3n) is 2.54. The van der Waals surface area contributed by atoms with E-state index >= 15 is 0 Å². The second-order valence-electron chi connectivity index (χ2n) is 5.36. The molecule has 0 fully saturated rings. The van der Waals surface area contributed by atoms with Crippen LogP contribution in [0.2, 0.25) is 0 Å². The highest BCUT2D eigenvalue weighted by Crippen LogP contribution is 2.31. The van der Waals surface area contributed by atoms with Crippen molar-refractivity contribution in [1.29, 1.82) is 0 Å². The maximum absolute atomic E-state index is 13.0. The molecule has 7 heteroatoms. The van der Waals surface area contributed by atoms with Crippen molar-refractivity contribution in [3.63, 3.8) is 0 Å². The van der Waals surface area contributed by atoms with Crippen molar-refractivity contribution in [3.05, 3.63) is 23.7 Å². The van der Waals surface area contributed by atoms with E-state index < -0.39 is 17.5 Å². The zero-order chi connectivity index (χ0) is 14.4. The molecular weight excluding hydrogens is 257 g/mol. The molecule has 2 aromatic rings. The zero-order valence-electron chi connectivity index (χ0n) is 10.9. The number of hydrogen-bond acceptors (Lipinski definition) is 3. The Morgan fingerprint density at radius 2 is 1.95 bits per heavy atom. The fraction of sp³-hybridized carbons (Fsp3) is 0.500. The fourth-order valence-corrected chi connectivity index (χ4v) is 1.89. The number of alkyl halides is 3. The summed E-state index contributed by atoms with van der Waals surface area (Å²) in [5.74, 6) is -0.959. The first-order chi connectivity index (χ1) is 8.58. The number of fused-ring (bicyclic) bond motifs is 1. The molecule has 0 bridgehead atoms. The molecule has 0 saturated heterocycles. The Labute approximate surface area is 108 Å². The van der Waals surface area contributed by atoms with Crippen LogP contribution in [0.3, 0.4) is 0 Å². The smallest absolute Gasteiger partial charge is 0.324 e. The molecule has 0 aliphatic carbocycles. The number of nitrogens with zero attached hydrogens (tertiary/aromatic N) is 3. The first-order valence-electron chi connectivity index (χ1n) is 5.77. The first-order valence-corrected chi connectivity index (χ1v) is 5.77. The maximum atomic E-state index is 13.0. The van der Waals surface area contributed by atoms with Gasteiger partial charge in [0.05, 0.1) is 0 Å². The van der Waals surface area contributed by atoms with E-state index in [1.54, 1.807) is 26.8 Å². The second kappa shape index (κ2) is 4.19. The van der Waals surface area contributed by atoms with Crippen molar-refractivity contribution in [2.45, 2.75) is 39.0 Å². The summed E-state index contributed by atoms with van der Waals surface area (Å²) in [5.41, 5.74) is 6.22. The van der Waals surface area contributed by atoms with Crippen molar-refractivity contribution in [1.82, 2.24) is 14.5 Å². The Bertz CT molecular complexity index is 608. The number of rotatable bonds is 2. The molecule has 19 heavy (non-hydrogen) atoms. The number of imidazole rings is 1. The predicted molar refractivity (Wildman–Crippen MR) is 65.5 cm³/mol.